The molecule has 1 unspecified atom stereocenters. The van der Waals surface area contributed by atoms with Crippen LogP contribution in [-0.4, -0.2) is 35.7 Å². The number of carbonyl (C=O) groups is 3. The Morgan fingerprint density at radius 2 is 1.60 bits per heavy atom. The maximum atomic E-state index is 12.6. The van der Waals surface area contributed by atoms with Crippen LogP contribution in [0.25, 0.3) is 11.1 Å². The van der Waals surface area contributed by atoms with Crippen molar-refractivity contribution in [2.45, 2.75) is 38.1 Å². The Labute approximate surface area is 204 Å². The molecule has 3 aromatic carbocycles. The molecular weight excluding hydrogens is 444 g/mol. The highest BCUT2D eigenvalue weighted by atomic mass is 16.5. The van der Waals surface area contributed by atoms with Crippen molar-refractivity contribution < 1.29 is 24.2 Å². The number of carbonyl (C=O) groups excluding carboxylic acids is 2. The molecule has 7 heteroatoms. The third-order valence-electron chi connectivity index (χ3n) is 6.11. The molecule has 0 radical (unpaired) electrons. The van der Waals surface area contributed by atoms with Gasteiger partial charge in [0.15, 0.2) is 0 Å². The van der Waals surface area contributed by atoms with Gasteiger partial charge in [0, 0.05) is 23.2 Å². The minimum atomic E-state index is -0.963. The van der Waals surface area contributed by atoms with Crippen LogP contribution in [0.15, 0.2) is 72.8 Å². The molecule has 0 fully saturated rings. The van der Waals surface area contributed by atoms with Crippen LogP contribution < -0.4 is 10.6 Å². The second-order valence-electron chi connectivity index (χ2n) is 8.59. The predicted molar refractivity (Wildman–Crippen MR) is 134 cm³/mol. The van der Waals surface area contributed by atoms with Gasteiger partial charge in [0.2, 0.25) is 0 Å². The molecular formula is C28H28N2O5. The van der Waals surface area contributed by atoms with Gasteiger partial charge in [0.1, 0.15) is 6.61 Å². The Morgan fingerprint density at radius 3 is 2.23 bits per heavy atom. The maximum Gasteiger partial charge on any atom is 0.411 e. The van der Waals surface area contributed by atoms with E-state index in [0.29, 0.717) is 17.7 Å². The first kappa shape index (κ1) is 24.0. The number of hydrogen-bond donors (Lipinski definition) is 3. The van der Waals surface area contributed by atoms with Gasteiger partial charge in [-0.1, -0.05) is 67.9 Å². The van der Waals surface area contributed by atoms with Gasteiger partial charge >= 0.3 is 12.1 Å². The number of anilines is 1. The highest BCUT2D eigenvalue weighted by Crippen LogP contribution is 2.44. The molecule has 1 aliphatic rings. The van der Waals surface area contributed by atoms with Gasteiger partial charge in [-0.3, -0.25) is 14.9 Å². The van der Waals surface area contributed by atoms with Crippen molar-refractivity contribution in [3.8, 4) is 11.1 Å². The van der Waals surface area contributed by atoms with Crippen LogP contribution >= 0.6 is 0 Å². The summed E-state index contributed by atoms with van der Waals surface area (Å²) >= 11 is 0. The zero-order valence-corrected chi connectivity index (χ0v) is 19.5. The molecule has 4 rings (SSSR count). The molecule has 1 atom stereocenters. The lowest BCUT2D eigenvalue weighted by atomic mass is 9.98. The Bertz CT molecular complexity index is 1190. The van der Waals surface area contributed by atoms with Gasteiger partial charge in [0.05, 0.1) is 6.42 Å². The third kappa shape index (κ3) is 5.69. The second kappa shape index (κ2) is 10.9. The number of nitrogens with one attached hydrogen (secondary N) is 2. The number of carboxylic acids is 1. The number of hydrogen-bond acceptors (Lipinski definition) is 4. The number of fused-ring (bicyclic) bond motifs is 3. The van der Waals surface area contributed by atoms with Crippen molar-refractivity contribution >= 4 is 23.7 Å². The van der Waals surface area contributed by atoms with Crippen molar-refractivity contribution in [2.24, 2.45) is 0 Å². The van der Waals surface area contributed by atoms with E-state index in [4.69, 9.17) is 9.84 Å². The quantitative estimate of drug-likeness (QED) is 0.386. The number of ether oxygens (including phenoxy) is 1. The fourth-order valence-corrected chi connectivity index (χ4v) is 4.54. The topological polar surface area (TPSA) is 105 Å². The van der Waals surface area contributed by atoms with Gasteiger partial charge in [-0.2, -0.15) is 0 Å². The Kier molecular flexibility index (Phi) is 7.45. The van der Waals surface area contributed by atoms with Crippen molar-refractivity contribution in [3.05, 3.63) is 89.5 Å². The number of amides is 2. The molecule has 35 heavy (non-hydrogen) atoms. The maximum absolute atomic E-state index is 12.6. The number of carboxylic acid groups (broad SMARTS) is 1. The average Bonchev–Trinajstić information content (AvgIpc) is 3.16. The molecule has 0 aliphatic heterocycles. The number of rotatable bonds is 9. The molecule has 0 bridgehead atoms. The lowest BCUT2D eigenvalue weighted by molar-refractivity contribution is -0.137. The summed E-state index contributed by atoms with van der Waals surface area (Å²) in [6.07, 6.45) is 0.563. The van der Waals surface area contributed by atoms with Gasteiger partial charge < -0.3 is 15.2 Å². The van der Waals surface area contributed by atoms with Gasteiger partial charge in [-0.05, 0) is 46.9 Å². The predicted octanol–water partition coefficient (Wildman–Crippen LogP) is 5.42. The number of benzene rings is 3. The average molecular weight is 473 g/mol. The first-order valence-corrected chi connectivity index (χ1v) is 11.7. The molecule has 3 N–H and O–H groups in total. The van der Waals surface area contributed by atoms with Crippen LogP contribution in [-0.2, 0) is 9.53 Å². The van der Waals surface area contributed by atoms with E-state index in [9.17, 15) is 14.4 Å². The highest BCUT2D eigenvalue weighted by molar-refractivity contribution is 5.96. The standard InChI is InChI=1S/C28H28N2O5/c1-2-8-19(16-26(31)32)29-27(33)18-9-7-10-20(15-18)30-28(34)35-17-25-23-13-5-3-11-21(23)22-12-4-6-14-24(22)25/h3-7,9-15,19,25H,2,8,16-17H2,1H3,(H,29,33)(H,30,34)(H,31,32). The zero-order valence-electron chi connectivity index (χ0n) is 19.5. The normalized spacial score (nSPS) is 12.8. The summed E-state index contributed by atoms with van der Waals surface area (Å²) in [5.41, 5.74) is 5.31. The zero-order chi connectivity index (χ0) is 24.8. The first-order valence-electron chi connectivity index (χ1n) is 11.7. The fourth-order valence-electron chi connectivity index (χ4n) is 4.54. The Balaban J connectivity index is 1.38. The van der Waals surface area contributed by atoms with Gasteiger partial charge in [0.25, 0.3) is 5.91 Å². The molecule has 180 valence electrons. The molecule has 2 amide bonds. The van der Waals surface area contributed by atoms with E-state index in [0.717, 1.165) is 28.7 Å². The Hall–Kier alpha value is -4.13. The molecule has 3 aromatic rings. The summed E-state index contributed by atoms with van der Waals surface area (Å²) in [6.45, 7) is 2.12. The fraction of sp³-hybridized carbons (Fsp3) is 0.250. The van der Waals surface area contributed by atoms with Crippen molar-refractivity contribution in [3.63, 3.8) is 0 Å². The minimum Gasteiger partial charge on any atom is -0.481 e. The summed E-state index contributed by atoms with van der Waals surface area (Å²) in [7, 11) is 0. The molecule has 0 aromatic heterocycles. The SMILES string of the molecule is CCCC(CC(=O)O)NC(=O)c1cccc(NC(=O)OCC2c3ccccc3-c3ccccc32)c1. The minimum absolute atomic E-state index is 0.0463. The van der Waals surface area contributed by atoms with E-state index < -0.39 is 18.1 Å². The summed E-state index contributed by atoms with van der Waals surface area (Å²) in [5.74, 6) is -1.40. The molecule has 1 aliphatic carbocycles. The van der Waals surface area contributed by atoms with Crippen LogP contribution in [0.3, 0.4) is 0 Å². The van der Waals surface area contributed by atoms with Gasteiger partial charge in [-0.25, -0.2) is 4.79 Å². The van der Waals surface area contributed by atoms with Crippen LogP contribution in [0.4, 0.5) is 10.5 Å². The Morgan fingerprint density at radius 1 is 0.943 bits per heavy atom. The van der Waals surface area contributed by atoms with E-state index in [-0.39, 0.29) is 24.9 Å². The molecule has 0 spiro atoms. The van der Waals surface area contributed by atoms with Crippen molar-refractivity contribution in [1.29, 1.82) is 0 Å². The van der Waals surface area contributed by atoms with Crippen LogP contribution in [0.2, 0.25) is 0 Å². The third-order valence-corrected chi connectivity index (χ3v) is 6.11. The molecule has 0 heterocycles. The lowest BCUT2D eigenvalue weighted by Gasteiger charge is -2.17. The summed E-state index contributed by atoms with van der Waals surface area (Å²) < 4.78 is 5.57. The van der Waals surface area contributed by atoms with Crippen LogP contribution in [0.5, 0.6) is 0 Å². The van der Waals surface area contributed by atoms with E-state index >= 15 is 0 Å². The molecule has 0 saturated carbocycles. The lowest BCUT2D eigenvalue weighted by Crippen LogP contribution is -2.36. The van der Waals surface area contributed by atoms with Crippen molar-refractivity contribution in [1.82, 2.24) is 5.32 Å². The summed E-state index contributed by atoms with van der Waals surface area (Å²) in [4.78, 5) is 36.3. The largest absolute Gasteiger partial charge is 0.481 e. The van der Waals surface area contributed by atoms with Gasteiger partial charge in [-0.15, -0.1) is 0 Å². The smallest absolute Gasteiger partial charge is 0.411 e. The number of aliphatic carboxylic acids is 1. The van der Waals surface area contributed by atoms with E-state index in [2.05, 4.69) is 34.9 Å². The summed E-state index contributed by atoms with van der Waals surface area (Å²) in [5, 5.41) is 14.5. The highest BCUT2D eigenvalue weighted by Gasteiger charge is 2.29. The van der Waals surface area contributed by atoms with Crippen LogP contribution in [0.1, 0.15) is 53.6 Å². The first-order chi connectivity index (χ1) is 17.0. The van der Waals surface area contributed by atoms with Crippen molar-refractivity contribution in [2.75, 3.05) is 11.9 Å². The monoisotopic (exact) mass is 472 g/mol. The van der Waals surface area contributed by atoms with E-state index in [1.54, 1.807) is 24.3 Å². The second-order valence-corrected chi connectivity index (χ2v) is 8.59. The van der Waals surface area contributed by atoms with E-state index in [1.165, 1.54) is 0 Å². The molecule has 0 saturated heterocycles. The summed E-state index contributed by atoms with van der Waals surface area (Å²) in [6, 6.07) is 22.2. The molecule has 7 nitrogen and oxygen atoms in total. The van der Waals surface area contributed by atoms with E-state index in [1.807, 2.05) is 31.2 Å². The van der Waals surface area contributed by atoms with Crippen LogP contribution in [0, 0.1) is 0 Å².